The summed E-state index contributed by atoms with van der Waals surface area (Å²) in [5.74, 6) is -1.61. The maximum absolute atomic E-state index is 12.3. The summed E-state index contributed by atoms with van der Waals surface area (Å²) in [6.45, 7) is 7.96. The summed E-state index contributed by atoms with van der Waals surface area (Å²) in [6, 6.07) is 11.8. The van der Waals surface area contributed by atoms with Crippen molar-refractivity contribution in [2.45, 2.75) is 57.7 Å². The first kappa shape index (κ1) is 27.6. The number of nitrogens with zero attached hydrogens (tertiary/aromatic N) is 3. The third-order valence-electron chi connectivity index (χ3n) is 6.04. The Morgan fingerprint density at radius 2 is 1.62 bits per heavy atom. The van der Waals surface area contributed by atoms with E-state index in [0.717, 1.165) is 0 Å². The number of phenols is 1. The molecule has 0 bridgehead atoms. The Bertz CT molecular complexity index is 1320. The van der Waals surface area contributed by atoms with Crippen molar-refractivity contribution in [2.24, 2.45) is 0 Å². The van der Waals surface area contributed by atoms with Gasteiger partial charge in [0.15, 0.2) is 0 Å². The van der Waals surface area contributed by atoms with Gasteiger partial charge in [-0.1, -0.05) is 12.1 Å². The lowest BCUT2D eigenvalue weighted by atomic mass is 9.79. The molecule has 1 fully saturated rings. The molecule has 1 saturated heterocycles. The van der Waals surface area contributed by atoms with E-state index < -0.39 is 17.9 Å². The number of hydrazine groups is 1. The number of carbonyl (C=O) groups excluding carboxylic acids is 3. The number of piperidine rings is 1. The van der Waals surface area contributed by atoms with E-state index in [1.807, 2.05) is 62.8 Å². The largest absolute Gasteiger partial charge is 0.505 e. The second-order valence-corrected chi connectivity index (χ2v) is 10.7. The topological polar surface area (TPSA) is 169 Å². The average molecular weight is 540 g/mol. The number of aromatic hydroxyl groups is 1. The molecule has 1 aliphatic rings. The number of benzene rings is 2. The minimum atomic E-state index is -1.01. The number of rotatable bonds is 6. The lowest BCUT2D eigenvalue weighted by Crippen LogP contribution is -2.63. The van der Waals surface area contributed by atoms with Crippen molar-refractivity contribution in [2.75, 3.05) is 13.2 Å². The van der Waals surface area contributed by atoms with Crippen LogP contribution in [-0.4, -0.2) is 68.3 Å². The molecule has 13 nitrogen and oxygen atoms in total. The molecular formula is C26H33N7O6. The van der Waals surface area contributed by atoms with E-state index in [0.29, 0.717) is 35.3 Å². The fourth-order valence-electron chi connectivity index (χ4n) is 4.90. The first-order valence-corrected chi connectivity index (χ1v) is 12.5. The highest BCUT2D eigenvalue weighted by Gasteiger charge is 2.38. The summed E-state index contributed by atoms with van der Waals surface area (Å²) in [7, 11) is 0. The molecule has 13 heteroatoms. The van der Waals surface area contributed by atoms with Gasteiger partial charge in [0.25, 0.3) is 0 Å². The summed E-state index contributed by atoms with van der Waals surface area (Å²) in [5, 5.41) is 25.3. The standard InChI is InChI=1S/C26H33N7O6/c1-25(2)14-16(15-26(3,4)32-25)27-22(35)23(36)28-29-24(37)39-12-11-38-17-9-10-20(21(34)13-17)33-30-18-7-5-6-8-19(18)31-33/h5-10,13,16,32,34H,11-12,14-15H2,1-4H3,(H,27,35)(H,28,36)(H,29,37). The van der Waals surface area contributed by atoms with Gasteiger partial charge in [-0.2, -0.15) is 0 Å². The van der Waals surface area contributed by atoms with E-state index in [1.165, 1.54) is 10.9 Å². The van der Waals surface area contributed by atoms with Crippen LogP contribution in [0.4, 0.5) is 4.79 Å². The molecule has 4 rings (SSSR count). The number of carbonyl (C=O) groups is 3. The molecule has 208 valence electrons. The quantitative estimate of drug-likeness (QED) is 0.178. The SMILES string of the molecule is CC1(C)CC(NC(=O)C(=O)NNC(=O)OCCOc2ccc(-n3nc4ccccc4n3)c(O)c2)CC(C)(C)N1. The van der Waals surface area contributed by atoms with Crippen LogP contribution in [0.1, 0.15) is 40.5 Å². The predicted molar refractivity (Wildman–Crippen MR) is 141 cm³/mol. The number of phenolic OH excluding ortho intramolecular Hbond substituents is 1. The van der Waals surface area contributed by atoms with Crippen LogP contribution in [0.2, 0.25) is 0 Å². The molecule has 1 aliphatic heterocycles. The van der Waals surface area contributed by atoms with Crippen molar-refractivity contribution in [3.8, 4) is 17.2 Å². The van der Waals surface area contributed by atoms with E-state index in [1.54, 1.807) is 12.1 Å². The number of aromatic nitrogens is 3. The summed E-state index contributed by atoms with van der Waals surface area (Å²) in [6.07, 6.45) is 0.351. The maximum Gasteiger partial charge on any atom is 0.426 e. The highest BCUT2D eigenvalue weighted by Crippen LogP contribution is 2.29. The Morgan fingerprint density at radius 3 is 2.23 bits per heavy atom. The molecule has 39 heavy (non-hydrogen) atoms. The van der Waals surface area contributed by atoms with Gasteiger partial charge in [-0.15, -0.1) is 15.0 Å². The molecule has 0 unspecified atom stereocenters. The molecule has 2 aromatic carbocycles. The predicted octanol–water partition coefficient (Wildman–Crippen LogP) is 1.69. The molecular weight excluding hydrogens is 506 g/mol. The van der Waals surface area contributed by atoms with Gasteiger partial charge in [-0.3, -0.25) is 15.0 Å². The van der Waals surface area contributed by atoms with E-state index in [-0.39, 0.29) is 36.1 Å². The van der Waals surface area contributed by atoms with E-state index in [2.05, 4.69) is 20.8 Å². The fraction of sp³-hybridized carbons (Fsp3) is 0.423. The lowest BCUT2D eigenvalue weighted by Gasteiger charge is -2.46. The third-order valence-corrected chi connectivity index (χ3v) is 6.04. The van der Waals surface area contributed by atoms with E-state index in [4.69, 9.17) is 9.47 Å². The molecule has 2 heterocycles. The van der Waals surface area contributed by atoms with Gasteiger partial charge >= 0.3 is 17.9 Å². The Labute approximate surface area is 225 Å². The highest BCUT2D eigenvalue weighted by molar-refractivity contribution is 6.35. The van der Waals surface area contributed by atoms with Crippen molar-refractivity contribution in [1.82, 2.24) is 36.5 Å². The summed E-state index contributed by atoms with van der Waals surface area (Å²) in [5.41, 5.74) is 5.42. The number of nitrogens with one attached hydrogen (secondary N) is 4. The van der Waals surface area contributed by atoms with Crippen molar-refractivity contribution in [3.05, 3.63) is 42.5 Å². The zero-order valence-corrected chi connectivity index (χ0v) is 22.3. The smallest absolute Gasteiger partial charge is 0.426 e. The second kappa shape index (κ2) is 11.2. The summed E-state index contributed by atoms with van der Waals surface area (Å²) >= 11 is 0. The first-order chi connectivity index (χ1) is 18.4. The highest BCUT2D eigenvalue weighted by atomic mass is 16.6. The summed E-state index contributed by atoms with van der Waals surface area (Å²) < 4.78 is 10.4. The van der Waals surface area contributed by atoms with Crippen molar-refractivity contribution in [3.63, 3.8) is 0 Å². The van der Waals surface area contributed by atoms with Crippen molar-refractivity contribution in [1.29, 1.82) is 0 Å². The van der Waals surface area contributed by atoms with Gasteiger partial charge in [0.05, 0.1) is 0 Å². The van der Waals surface area contributed by atoms with Crippen LogP contribution in [0.5, 0.6) is 11.5 Å². The number of hydrogen-bond donors (Lipinski definition) is 5. The van der Waals surface area contributed by atoms with Gasteiger partial charge in [-0.25, -0.2) is 10.2 Å². The molecule has 5 N–H and O–H groups in total. The molecule has 0 radical (unpaired) electrons. The zero-order chi connectivity index (χ0) is 28.2. The third kappa shape index (κ3) is 7.35. The lowest BCUT2D eigenvalue weighted by molar-refractivity contribution is -0.140. The van der Waals surface area contributed by atoms with Crippen LogP contribution in [0, 0.1) is 0 Å². The minimum absolute atomic E-state index is 0.0220. The first-order valence-electron chi connectivity index (χ1n) is 12.5. The monoisotopic (exact) mass is 539 g/mol. The minimum Gasteiger partial charge on any atom is -0.505 e. The second-order valence-electron chi connectivity index (χ2n) is 10.7. The maximum atomic E-state index is 12.3. The van der Waals surface area contributed by atoms with E-state index >= 15 is 0 Å². The number of ether oxygens (including phenoxy) is 2. The molecule has 0 saturated carbocycles. The van der Waals surface area contributed by atoms with Gasteiger partial charge in [0.2, 0.25) is 0 Å². The number of amides is 3. The Morgan fingerprint density at radius 1 is 0.974 bits per heavy atom. The van der Waals surface area contributed by atoms with Gasteiger partial charge in [-0.05, 0) is 64.8 Å². The van der Waals surface area contributed by atoms with Crippen LogP contribution in [-0.2, 0) is 14.3 Å². The van der Waals surface area contributed by atoms with Crippen LogP contribution < -0.4 is 26.2 Å². The molecule has 3 aromatic rings. The number of hydrogen-bond acceptors (Lipinski definition) is 9. The Hall–Kier alpha value is -4.39. The van der Waals surface area contributed by atoms with Crippen LogP contribution in [0.25, 0.3) is 16.7 Å². The van der Waals surface area contributed by atoms with Crippen LogP contribution >= 0.6 is 0 Å². The van der Waals surface area contributed by atoms with Gasteiger partial charge in [0.1, 0.15) is 41.4 Å². The van der Waals surface area contributed by atoms with E-state index in [9.17, 15) is 19.5 Å². The average Bonchev–Trinajstić information content (AvgIpc) is 3.27. The normalized spacial score (nSPS) is 16.3. The van der Waals surface area contributed by atoms with Gasteiger partial charge < -0.3 is 25.2 Å². The molecule has 0 aliphatic carbocycles. The molecule has 1 aromatic heterocycles. The fourth-order valence-corrected chi connectivity index (χ4v) is 4.90. The zero-order valence-electron chi connectivity index (χ0n) is 22.3. The Balaban J connectivity index is 1.17. The van der Waals surface area contributed by atoms with Crippen molar-refractivity contribution >= 4 is 28.9 Å². The van der Waals surface area contributed by atoms with Crippen LogP contribution in [0.15, 0.2) is 42.5 Å². The molecule has 0 atom stereocenters. The summed E-state index contributed by atoms with van der Waals surface area (Å²) in [4.78, 5) is 37.6. The number of fused-ring (bicyclic) bond motifs is 1. The van der Waals surface area contributed by atoms with Gasteiger partial charge in [0, 0.05) is 23.2 Å². The molecule has 3 amide bonds. The molecule has 0 spiro atoms. The van der Waals surface area contributed by atoms with Crippen LogP contribution in [0.3, 0.4) is 0 Å². The Kier molecular flexibility index (Phi) is 7.90. The van der Waals surface area contributed by atoms with Crippen molar-refractivity contribution < 1.29 is 29.0 Å².